The van der Waals surface area contributed by atoms with Gasteiger partial charge in [0.25, 0.3) is 11.5 Å². The van der Waals surface area contributed by atoms with Crippen LogP contribution in [0.4, 0.5) is 4.39 Å². The normalized spacial score (nSPS) is 11.6. The van der Waals surface area contributed by atoms with Crippen molar-refractivity contribution in [1.82, 2.24) is 14.3 Å². The van der Waals surface area contributed by atoms with Crippen molar-refractivity contribution in [3.63, 3.8) is 0 Å². The number of amides is 1. The number of carbonyl (C=O) groups excluding carboxylic acids is 1. The molecule has 1 amide bonds. The van der Waals surface area contributed by atoms with E-state index in [9.17, 15) is 22.4 Å². The highest BCUT2D eigenvalue weighted by Crippen LogP contribution is 2.35. The number of aromatic amines is 1. The lowest BCUT2D eigenvalue weighted by atomic mass is 10.0. The van der Waals surface area contributed by atoms with Crippen LogP contribution in [0.3, 0.4) is 0 Å². The summed E-state index contributed by atoms with van der Waals surface area (Å²) < 4.78 is 41.9. The molecule has 2 aromatic heterocycles. The van der Waals surface area contributed by atoms with E-state index >= 15 is 0 Å². The fraction of sp³-hybridized carbons (Fsp3) is 0.167. The zero-order valence-electron chi connectivity index (χ0n) is 18.1. The number of sulfonamides is 1. The zero-order valence-corrected chi connectivity index (χ0v) is 18.9. The molecule has 0 spiro atoms. The van der Waals surface area contributed by atoms with Gasteiger partial charge in [0, 0.05) is 33.8 Å². The van der Waals surface area contributed by atoms with Crippen molar-refractivity contribution < 1.29 is 17.6 Å². The van der Waals surface area contributed by atoms with Gasteiger partial charge in [-0.05, 0) is 42.3 Å². The maximum atomic E-state index is 14.5. The van der Waals surface area contributed by atoms with Crippen LogP contribution in [0.15, 0.2) is 65.6 Å². The quantitative estimate of drug-likeness (QED) is 0.454. The summed E-state index contributed by atoms with van der Waals surface area (Å²) in [7, 11) is -3.90. The molecule has 170 valence electrons. The molecule has 2 aromatic carbocycles. The number of nitrogens with zero attached hydrogens (tertiary/aromatic N) is 1. The van der Waals surface area contributed by atoms with E-state index in [2.05, 4.69) is 4.98 Å². The molecule has 0 radical (unpaired) electrons. The number of hydrogen-bond acceptors (Lipinski definition) is 4. The Morgan fingerprint density at radius 1 is 1.12 bits per heavy atom. The van der Waals surface area contributed by atoms with Gasteiger partial charge >= 0.3 is 0 Å². The summed E-state index contributed by atoms with van der Waals surface area (Å²) in [5.74, 6) is -1.36. The van der Waals surface area contributed by atoms with Crippen molar-refractivity contribution >= 4 is 26.8 Å². The highest BCUT2D eigenvalue weighted by Gasteiger charge is 2.27. The molecule has 0 aliphatic rings. The topological polar surface area (TPSA) is 101 Å². The second kappa shape index (κ2) is 8.67. The summed E-state index contributed by atoms with van der Waals surface area (Å²) in [5, 5.41) is 0.598. The molecule has 4 aromatic rings. The first-order valence-electron chi connectivity index (χ1n) is 10.3. The average molecular weight is 468 g/mol. The number of nitrogens with one attached hydrogen (secondary N) is 2. The average Bonchev–Trinajstić information content (AvgIpc) is 3.08. The van der Waals surface area contributed by atoms with Gasteiger partial charge in [0.05, 0.1) is 12.8 Å². The Morgan fingerprint density at radius 2 is 1.88 bits per heavy atom. The highest BCUT2D eigenvalue weighted by molar-refractivity contribution is 7.89. The number of H-pyrrole nitrogens is 1. The standard InChI is InChI=1S/C24H22FN3O4S/c1-3-15-10-11-20-18(13-15)21(17-8-6-12-26-23(17)29)22(24(30)27-33(2,31)32)28(20)14-16-7-4-5-9-19(16)25/h4-13H,3,14H2,1-2H3,(H,26,29)(H,27,30). The maximum Gasteiger partial charge on any atom is 0.282 e. The van der Waals surface area contributed by atoms with Crippen molar-refractivity contribution in [2.75, 3.05) is 6.26 Å². The molecule has 0 atom stereocenters. The predicted octanol–water partition coefficient (Wildman–Crippen LogP) is 3.44. The number of halogens is 1. The fourth-order valence-corrected chi connectivity index (χ4v) is 4.36. The lowest BCUT2D eigenvalue weighted by Gasteiger charge is -2.13. The molecule has 2 heterocycles. The molecule has 0 saturated carbocycles. The van der Waals surface area contributed by atoms with E-state index in [0.29, 0.717) is 28.5 Å². The fourth-order valence-electron chi connectivity index (χ4n) is 3.93. The number of fused-ring (bicyclic) bond motifs is 1. The maximum absolute atomic E-state index is 14.5. The van der Waals surface area contributed by atoms with Crippen molar-refractivity contribution in [2.45, 2.75) is 19.9 Å². The first kappa shape index (κ1) is 22.5. The highest BCUT2D eigenvalue weighted by atomic mass is 32.2. The number of carbonyl (C=O) groups is 1. The Hall–Kier alpha value is -3.72. The van der Waals surface area contributed by atoms with Gasteiger partial charge in [0.1, 0.15) is 11.5 Å². The van der Waals surface area contributed by atoms with E-state index in [1.54, 1.807) is 41.0 Å². The SMILES string of the molecule is CCc1ccc2c(c1)c(-c1ccc[nH]c1=O)c(C(=O)NS(C)(=O)=O)n2Cc1ccccc1F. The molecule has 9 heteroatoms. The number of rotatable bonds is 6. The number of hydrogen-bond donors (Lipinski definition) is 2. The Morgan fingerprint density at radius 3 is 2.55 bits per heavy atom. The summed E-state index contributed by atoms with van der Waals surface area (Å²) in [5.41, 5.74) is 1.89. The predicted molar refractivity (Wildman–Crippen MR) is 125 cm³/mol. The minimum atomic E-state index is -3.90. The van der Waals surface area contributed by atoms with Crippen LogP contribution >= 0.6 is 0 Å². The molecule has 33 heavy (non-hydrogen) atoms. The smallest absolute Gasteiger partial charge is 0.282 e. The number of aryl methyl sites for hydroxylation is 1. The van der Waals surface area contributed by atoms with Crippen LogP contribution in [-0.2, 0) is 23.0 Å². The second-order valence-electron chi connectivity index (χ2n) is 7.72. The first-order valence-corrected chi connectivity index (χ1v) is 12.2. The number of pyridine rings is 1. The first-order chi connectivity index (χ1) is 15.7. The van der Waals surface area contributed by atoms with E-state index < -0.39 is 27.3 Å². The summed E-state index contributed by atoms with van der Waals surface area (Å²) in [6, 6.07) is 14.9. The van der Waals surface area contributed by atoms with Gasteiger partial charge in [0.15, 0.2) is 0 Å². The summed E-state index contributed by atoms with van der Waals surface area (Å²) in [4.78, 5) is 28.6. The van der Waals surface area contributed by atoms with Crippen LogP contribution in [0.5, 0.6) is 0 Å². The Bertz CT molecular complexity index is 1540. The summed E-state index contributed by atoms with van der Waals surface area (Å²) in [6.07, 6.45) is 3.06. The van der Waals surface area contributed by atoms with Crippen molar-refractivity contribution in [1.29, 1.82) is 0 Å². The van der Waals surface area contributed by atoms with Crippen LogP contribution in [0, 0.1) is 5.82 Å². The Kier molecular flexibility index (Phi) is 5.90. The van der Waals surface area contributed by atoms with Gasteiger partial charge in [-0.3, -0.25) is 9.59 Å². The van der Waals surface area contributed by atoms with Gasteiger partial charge in [-0.15, -0.1) is 0 Å². The Labute approximate surface area is 189 Å². The molecule has 0 fully saturated rings. The van der Waals surface area contributed by atoms with Crippen LogP contribution in [0.2, 0.25) is 0 Å². The largest absolute Gasteiger partial charge is 0.331 e. The van der Waals surface area contributed by atoms with Crippen LogP contribution < -0.4 is 10.3 Å². The molecular weight excluding hydrogens is 445 g/mol. The van der Waals surface area contributed by atoms with Crippen LogP contribution in [0.1, 0.15) is 28.5 Å². The third-order valence-corrected chi connectivity index (χ3v) is 5.96. The van der Waals surface area contributed by atoms with Gasteiger partial charge in [-0.25, -0.2) is 17.5 Å². The van der Waals surface area contributed by atoms with Crippen molar-refractivity contribution in [3.05, 3.63) is 93.8 Å². The minimum absolute atomic E-state index is 0.0358. The van der Waals surface area contributed by atoms with Gasteiger partial charge in [-0.2, -0.15) is 0 Å². The van der Waals surface area contributed by atoms with Gasteiger partial charge < -0.3 is 9.55 Å². The third-order valence-electron chi connectivity index (χ3n) is 5.40. The minimum Gasteiger partial charge on any atom is -0.331 e. The number of benzene rings is 2. The van der Waals surface area contributed by atoms with Crippen LogP contribution in [0.25, 0.3) is 22.0 Å². The molecule has 2 N–H and O–H groups in total. The van der Waals surface area contributed by atoms with E-state index in [4.69, 9.17) is 0 Å². The molecule has 0 bridgehead atoms. The van der Waals surface area contributed by atoms with Gasteiger partial charge in [0.2, 0.25) is 10.0 Å². The molecule has 7 nitrogen and oxygen atoms in total. The monoisotopic (exact) mass is 467 g/mol. The van der Waals surface area contributed by atoms with Crippen LogP contribution in [-0.4, -0.2) is 30.1 Å². The molecule has 0 unspecified atom stereocenters. The summed E-state index contributed by atoms with van der Waals surface area (Å²) >= 11 is 0. The lowest BCUT2D eigenvalue weighted by Crippen LogP contribution is -2.32. The molecule has 4 rings (SSSR count). The molecular formula is C24H22FN3O4S. The lowest BCUT2D eigenvalue weighted by molar-refractivity contribution is 0.0974. The second-order valence-corrected chi connectivity index (χ2v) is 9.47. The van der Waals surface area contributed by atoms with E-state index in [1.165, 1.54) is 12.3 Å². The van der Waals surface area contributed by atoms with Crippen molar-refractivity contribution in [2.24, 2.45) is 0 Å². The summed E-state index contributed by atoms with van der Waals surface area (Å²) in [6.45, 7) is 1.94. The number of aromatic nitrogens is 2. The van der Waals surface area contributed by atoms with E-state index in [0.717, 1.165) is 11.8 Å². The Balaban J connectivity index is 2.11. The van der Waals surface area contributed by atoms with E-state index in [1.807, 2.05) is 23.8 Å². The third kappa shape index (κ3) is 4.45. The zero-order chi connectivity index (χ0) is 23.8. The molecule has 0 aliphatic carbocycles. The van der Waals surface area contributed by atoms with E-state index in [-0.39, 0.29) is 17.8 Å². The van der Waals surface area contributed by atoms with Crippen molar-refractivity contribution in [3.8, 4) is 11.1 Å². The van der Waals surface area contributed by atoms with Gasteiger partial charge in [-0.1, -0.05) is 31.2 Å². The molecule has 0 saturated heterocycles. The molecule has 0 aliphatic heterocycles.